The molecule has 1 amide bonds. The zero-order chi connectivity index (χ0) is 7.28. The minimum Gasteiger partial charge on any atom is -0.369 e. The van der Waals surface area contributed by atoms with E-state index in [9.17, 15) is 4.79 Å². The van der Waals surface area contributed by atoms with Crippen LogP contribution in [0.2, 0.25) is 0 Å². The first-order valence-electron chi connectivity index (χ1n) is 2.78. The molecule has 0 aromatic rings. The molecule has 0 bridgehead atoms. The Hall–Kier alpha value is -0.320. The molecule has 0 rings (SSSR count). The van der Waals surface area contributed by atoms with E-state index in [4.69, 9.17) is 10.6 Å². The van der Waals surface area contributed by atoms with Crippen LogP contribution < -0.4 is 11.3 Å². The highest BCUT2D eigenvalue weighted by molar-refractivity contribution is 5.85. The topological polar surface area (TPSA) is 64.3 Å². The summed E-state index contributed by atoms with van der Waals surface area (Å²) in [5, 5.41) is 0. The van der Waals surface area contributed by atoms with Crippen LogP contribution in [-0.4, -0.2) is 18.6 Å². The normalized spacial score (nSPS) is 8.80. The van der Waals surface area contributed by atoms with Gasteiger partial charge in [0.15, 0.2) is 0 Å². The quantitative estimate of drug-likeness (QED) is 0.349. The van der Waals surface area contributed by atoms with Gasteiger partial charge in [0.1, 0.15) is 6.61 Å². The average molecular weight is 169 g/mol. The summed E-state index contributed by atoms with van der Waals surface area (Å²) in [7, 11) is 0. The SMILES string of the molecule is CC(C)OCC(=O)NN.Cl. The average Bonchev–Trinajstić information content (AvgIpc) is 1.83. The second-order valence-corrected chi connectivity index (χ2v) is 1.93. The van der Waals surface area contributed by atoms with Crippen molar-refractivity contribution in [1.29, 1.82) is 0 Å². The second-order valence-electron chi connectivity index (χ2n) is 1.93. The van der Waals surface area contributed by atoms with Gasteiger partial charge in [0.2, 0.25) is 0 Å². The van der Waals surface area contributed by atoms with Gasteiger partial charge in [-0.1, -0.05) is 0 Å². The summed E-state index contributed by atoms with van der Waals surface area (Å²) in [6, 6.07) is 0. The van der Waals surface area contributed by atoms with E-state index in [0.717, 1.165) is 0 Å². The first kappa shape index (κ1) is 12.4. The Kier molecular flexibility index (Phi) is 8.40. The predicted molar refractivity (Wildman–Crippen MR) is 40.7 cm³/mol. The number of carbonyl (C=O) groups is 1. The number of amides is 1. The maximum Gasteiger partial charge on any atom is 0.259 e. The molecule has 5 heteroatoms. The van der Waals surface area contributed by atoms with E-state index in [0.29, 0.717) is 0 Å². The van der Waals surface area contributed by atoms with Crippen LogP contribution in [0, 0.1) is 0 Å². The molecular formula is C5H13ClN2O2. The smallest absolute Gasteiger partial charge is 0.259 e. The molecule has 0 saturated heterocycles. The van der Waals surface area contributed by atoms with Gasteiger partial charge in [-0.2, -0.15) is 0 Å². The molecule has 3 N–H and O–H groups in total. The number of ether oxygens (including phenoxy) is 1. The molecule has 0 aromatic carbocycles. The number of rotatable bonds is 3. The van der Waals surface area contributed by atoms with Crippen LogP contribution in [0.1, 0.15) is 13.8 Å². The van der Waals surface area contributed by atoms with Gasteiger partial charge in [-0.05, 0) is 13.8 Å². The largest absolute Gasteiger partial charge is 0.369 e. The van der Waals surface area contributed by atoms with E-state index in [1.165, 1.54) is 0 Å². The summed E-state index contributed by atoms with van der Waals surface area (Å²) >= 11 is 0. The molecule has 0 atom stereocenters. The summed E-state index contributed by atoms with van der Waals surface area (Å²) in [4.78, 5) is 10.4. The van der Waals surface area contributed by atoms with Crippen molar-refractivity contribution in [3.8, 4) is 0 Å². The first-order chi connectivity index (χ1) is 4.16. The Morgan fingerprint density at radius 2 is 2.20 bits per heavy atom. The Balaban J connectivity index is 0. The number of hydrazine groups is 1. The number of hydrogen-bond donors (Lipinski definition) is 2. The summed E-state index contributed by atoms with van der Waals surface area (Å²) in [6.45, 7) is 3.74. The van der Waals surface area contributed by atoms with Crippen molar-refractivity contribution in [3.05, 3.63) is 0 Å². The van der Waals surface area contributed by atoms with Crippen molar-refractivity contribution < 1.29 is 9.53 Å². The molecule has 0 heterocycles. The van der Waals surface area contributed by atoms with Gasteiger partial charge < -0.3 is 4.74 Å². The predicted octanol–water partition coefficient (Wildman–Crippen LogP) is -0.177. The molecule has 4 nitrogen and oxygen atoms in total. The van der Waals surface area contributed by atoms with E-state index >= 15 is 0 Å². The molecule has 62 valence electrons. The highest BCUT2D eigenvalue weighted by Gasteiger charge is 1.98. The van der Waals surface area contributed by atoms with Crippen LogP contribution in [0.5, 0.6) is 0 Å². The Labute approximate surface area is 66.5 Å². The first-order valence-corrected chi connectivity index (χ1v) is 2.78. The zero-order valence-corrected chi connectivity index (χ0v) is 6.90. The van der Waals surface area contributed by atoms with Crippen molar-refractivity contribution in [2.45, 2.75) is 20.0 Å². The maximum atomic E-state index is 10.4. The fourth-order valence-electron chi connectivity index (χ4n) is 0.284. The molecule has 0 aliphatic rings. The summed E-state index contributed by atoms with van der Waals surface area (Å²) in [5.41, 5.74) is 1.96. The lowest BCUT2D eigenvalue weighted by Gasteiger charge is -2.04. The van der Waals surface area contributed by atoms with Gasteiger partial charge in [0.25, 0.3) is 5.91 Å². The second kappa shape index (κ2) is 6.80. The minimum absolute atomic E-state index is 0. The Morgan fingerprint density at radius 3 is 2.50 bits per heavy atom. The number of carbonyl (C=O) groups excluding carboxylic acids is 1. The van der Waals surface area contributed by atoms with E-state index < -0.39 is 0 Å². The fraction of sp³-hybridized carbons (Fsp3) is 0.800. The van der Waals surface area contributed by atoms with Gasteiger partial charge in [-0.3, -0.25) is 10.2 Å². The van der Waals surface area contributed by atoms with E-state index in [-0.39, 0.29) is 31.0 Å². The highest BCUT2D eigenvalue weighted by Crippen LogP contribution is 1.84. The van der Waals surface area contributed by atoms with Crippen molar-refractivity contribution in [2.75, 3.05) is 6.61 Å². The third-order valence-electron chi connectivity index (χ3n) is 0.709. The number of nitrogens with two attached hydrogens (primary N) is 1. The molecule has 0 aliphatic heterocycles. The third-order valence-corrected chi connectivity index (χ3v) is 0.709. The van der Waals surface area contributed by atoms with Gasteiger partial charge in [0.05, 0.1) is 6.10 Å². The Bertz CT molecular complexity index is 97.6. The van der Waals surface area contributed by atoms with Crippen LogP contribution in [0.15, 0.2) is 0 Å². The van der Waals surface area contributed by atoms with Crippen molar-refractivity contribution in [3.63, 3.8) is 0 Å². The summed E-state index contributed by atoms with van der Waals surface area (Å²) < 4.78 is 4.90. The number of hydrogen-bond acceptors (Lipinski definition) is 3. The lowest BCUT2D eigenvalue weighted by molar-refractivity contribution is -0.127. The van der Waals surface area contributed by atoms with Crippen molar-refractivity contribution in [2.24, 2.45) is 5.84 Å². The van der Waals surface area contributed by atoms with Crippen LogP contribution >= 0.6 is 12.4 Å². The Morgan fingerprint density at radius 1 is 1.70 bits per heavy atom. The third kappa shape index (κ3) is 7.68. The van der Waals surface area contributed by atoms with Gasteiger partial charge >= 0.3 is 0 Å². The van der Waals surface area contributed by atoms with E-state index in [1.54, 1.807) is 0 Å². The van der Waals surface area contributed by atoms with Crippen LogP contribution in [0.4, 0.5) is 0 Å². The van der Waals surface area contributed by atoms with Gasteiger partial charge in [-0.15, -0.1) is 12.4 Å². The molecule has 0 fully saturated rings. The van der Waals surface area contributed by atoms with Gasteiger partial charge in [0, 0.05) is 0 Å². The molecule has 0 aromatic heterocycles. The number of halogens is 1. The lowest BCUT2D eigenvalue weighted by atomic mass is 10.5. The number of nitrogens with one attached hydrogen (secondary N) is 1. The van der Waals surface area contributed by atoms with Gasteiger partial charge in [-0.25, -0.2) is 5.84 Å². The summed E-state index contributed by atoms with van der Waals surface area (Å²) in [5.74, 6) is 4.48. The standard InChI is InChI=1S/C5H12N2O2.ClH/c1-4(2)9-3-5(8)7-6;/h4H,3,6H2,1-2H3,(H,7,8);1H. The minimum atomic E-state index is -0.302. The molecule has 0 radical (unpaired) electrons. The molecule has 0 saturated carbocycles. The maximum absolute atomic E-state index is 10.4. The van der Waals surface area contributed by atoms with E-state index in [2.05, 4.69) is 0 Å². The van der Waals surface area contributed by atoms with E-state index in [1.807, 2.05) is 19.3 Å². The molecular weight excluding hydrogens is 156 g/mol. The molecule has 0 aliphatic carbocycles. The highest BCUT2D eigenvalue weighted by atomic mass is 35.5. The van der Waals surface area contributed by atoms with Crippen molar-refractivity contribution >= 4 is 18.3 Å². The monoisotopic (exact) mass is 168 g/mol. The molecule has 10 heavy (non-hydrogen) atoms. The van der Waals surface area contributed by atoms with Crippen LogP contribution in [-0.2, 0) is 9.53 Å². The fourth-order valence-corrected chi connectivity index (χ4v) is 0.284. The van der Waals surface area contributed by atoms with Crippen LogP contribution in [0.3, 0.4) is 0 Å². The summed E-state index contributed by atoms with van der Waals surface area (Å²) in [6.07, 6.45) is 0.0716. The lowest BCUT2D eigenvalue weighted by Crippen LogP contribution is -2.34. The molecule has 0 spiro atoms. The van der Waals surface area contributed by atoms with Crippen LogP contribution in [0.25, 0.3) is 0 Å². The zero-order valence-electron chi connectivity index (χ0n) is 6.09. The molecule has 0 unspecified atom stereocenters. The van der Waals surface area contributed by atoms with Crippen molar-refractivity contribution in [1.82, 2.24) is 5.43 Å².